The minimum absolute atomic E-state index is 0.228. The second kappa shape index (κ2) is 7.68. The molecule has 2 rings (SSSR count). The van der Waals surface area contributed by atoms with Crippen molar-refractivity contribution in [2.24, 2.45) is 0 Å². The lowest BCUT2D eigenvalue weighted by Crippen LogP contribution is -2.19. The maximum absolute atomic E-state index is 9.86. The van der Waals surface area contributed by atoms with Crippen LogP contribution in [0.4, 0.5) is 5.13 Å². The van der Waals surface area contributed by atoms with Crippen LogP contribution in [-0.2, 0) is 0 Å². The van der Waals surface area contributed by atoms with E-state index >= 15 is 0 Å². The van der Waals surface area contributed by atoms with Gasteiger partial charge in [-0.3, -0.25) is 0 Å². The number of rotatable bonds is 7. The number of aromatic nitrogens is 2. The average molecular weight is 332 g/mol. The zero-order valence-corrected chi connectivity index (χ0v) is 13.1. The number of anilines is 1. The van der Waals surface area contributed by atoms with E-state index in [2.05, 4.69) is 15.5 Å². The third-order valence-electron chi connectivity index (χ3n) is 2.28. The van der Waals surface area contributed by atoms with Crippen molar-refractivity contribution in [2.45, 2.75) is 10.4 Å². The lowest BCUT2D eigenvalue weighted by Gasteiger charge is -2.11. The first kappa shape index (κ1) is 15.4. The summed E-state index contributed by atoms with van der Waals surface area (Å²) in [6.45, 7) is 0.228. The van der Waals surface area contributed by atoms with E-state index < -0.39 is 6.10 Å². The molecule has 1 heterocycles. The maximum Gasteiger partial charge on any atom is 0.206 e. The van der Waals surface area contributed by atoms with Crippen molar-refractivity contribution in [2.75, 3.05) is 24.7 Å². The zero-order chi connectivity index (χ0) is 14.4. The number of aliphatic hydroxyl groups is 1. The van der Waals surface area contributed by atoms with E-state index in [9.17, 15) is 5.11 Å². The summed E-state index contributed by atoms with van der Waals surface area (Å²) in [7, 11) is 1.80. The monoisotopic (exact) mass is 331 g/mol. The molecular weight excluding hydrogens is 318 g/mol. The van der Waals surface area contributed by atoms with E-state index in [1.54, 1.807) is 31.3 Å². The van der Waals surface area contributed by atoms with Crippen LogP contribution in [0.25, 0.3) is 0 Å². The Kier molecular flexibility index (Phi) is 5.90. The van der Waals surface area contributed by atoms with Gasteiger partial charge in [-0.2, -0.15) is 0 Å². The fourth-order valence-corrected chi connectivity index (χ4v) is 3.07. The first-order chi connectivity index (χ1) is 9.67. The Morgan fingerprint density at radius 3 is 2.80 bits per heavy atom. The predicted octanol–water partition coefficient (Wildman–Crippen LogP) is 2.77. The van der Waals surface area contributed by atoms with Crippen molar-refractivity contribution < 1.29 is 9.84 Å². The molecule has 108 valence electrons. The Morgan fingerprint density at radius 1 is 1.40 bits per heavy atom. The molecule has 0 fully saturated rings. The highest BCUT2D eigenvalue weighted by atomic mass is 35.5. The molecule has 1 aromatic carbocycles. The fraction of sp³-hybridized carbons (Fsp3) is 0.333. The van der Waals surface area contributed by atoms with Gasteiger partial charge in [0.2, 0.25) is 5.13 Å². The van der Waals surface area contributed by atoms with Crippen molar-refractivity contribution in [3.63, 3.8) is 0 Å². The third kappa shape index (κ3) is 4.82. The summed E-state index contributed by atoms with van der Waals surface area (Å²) in [4.78, 5) is 0. The largest absolute Gasteiger partial charge is 0.491 e. The number of thioether (sulfide) groups is 1. The number of hydrogen-bond acceptors (Lipinski definition) is 7. The van der Waals surface area contributed by atoms with E-state index in [4.69, 9.17) is 16.3 Å². The zero-order valence-electron chi connectivity index (χ0n) is 10.7. The molecule has 0 aliphatic carbocycles. The second-order valence-corrected chi connectivity index (χ2v) is 6.53. The Balaban J connectivity index is 1.72. The molecule has 0 saturated heterocycles. The summed E-state index contributed by atoms with van der Waals surface area (Å²) in [6, 6.07) is 7.04. The molecule has 0 spiro atoms. The van der Waals surface area contributed by atoms with Crippen LogP contribution in [0.5, 0.6) is 5.75 Å². The smallest absolute Gasteiger partial charge is 0.206 e. The maximum atomic E-state index is 9.86. The molecule has 2 N–H and O–H groups in total. The van der Waals surface area contributed by atoms with E-state index in [1.165, 1.54) is 23.1 Å². The molecule has 0 radical (unpaired) electrons. The van der Waals surface area contributed by atoms with Gasteiger partial charge in [0.25, 0.3) is 0 Å². The summed E-state index contributed by atoms with van der Waals surface area (Å²) < 4.78 is 6.29. The van der Waals surface area contributed by atoms with E-state index in [-0.39, 0.29) is 6.61 Å². The topological polar surface area (TPSA) is 67.3 Å². The number of halogens is 1. The highest BCUT2D eigenvalue weighted by molar-refractivity contribution is 8.01. The van der Waals surface area contributed by atoms with Crippen molar-refractivity contribution in [3.05, 3.63) is 29.3 Å². The molecule has 1 atom stereocenters. The molecule has 1 aromatic heterocycles. The quantitative estimate of drug-likeness (QED) is 0.760. The van der Waals surface area contributed by atoms with E-state index in [0.29, 0.717) is 16.5 Å². The molecule has 20 heavy (non-hydrogen) atoms. The minimum atomic E-state index is -0.572. The summed E-state index contributed by atoms with van der Waals surface area (Å²) in [6.07, 6.45) is -0.572. The summed E-state index contributed by atoms with van der Waals surface area (Å²) in [5.74, 6) is 1.19. The van der Waals surface area contributed by atoms with Gasteiger partial charge in [-0.25, -0.2) is 0 Å². The van der Waals surface area contributed by atoms with E-state index in [1.807, 2.05) is 0 Å². The van der Waals surface area contributed by atoms with Crippen molar-refractivity contribution in [1.29, 1.82) is 0 Å². The van der Waals surface area contributed by atoms with Crippen LogP contribution < -0.4 is 10.1 Å². The van der Waals surface area contributed by atoms with Gasteiger partial charge in [0.15, 0.2) is 4.34 Å². The minimum Gasteiger partial charge on any atom is -0.491 e. The summed E-state index contributed by atoms with van der Waals surface area (Å²) in [5.41, 5.74) is 0. The summed E-state index contributed by atoms with van der Waals surface area (Å²) >= 11 is 8.69. The molecule has 0 amide bonds. The van der Waals surface area contributed by atoms with Crippen molar-refractivity contribution in [1.82, 2.24) is 10.2 Å². The van der Waals surface area contributed by atoms with Crippen LogP contribution in [0, 0.1) is 0 Å². The number of aliphatic hydroxyl groups excluding tert-OH is 1. The van der Waals surface area contributed by atoms with Gasteiger partial charge in [-0.15, -0.1) is 10.2 Å². The lowest BCUT2D eigenvalue weighted by atomic mass is 10.3. The number of hydrogen-bond donors (Lipinski definition) is 2. The SMILES string of the molecule is CNc1nnc(SC[C@H](O)COc2ccc(Cl)cc2)s1. The molecule has 0 aliphatic rings. The first-order valence-corrected chi connectivity index (χ1v) is 8.06. The molecule has 0 saturated carbocycles. The van der Waals surface area contributed by atoms with Gasteiger partial charge in [-0.1, -0.05) is 34.7 Å². The Bertz CT molecular complexity index is 536. The van der Waals surface area contributed by atoms with Gasteiger partial charge in [-0.05, 0) is 24.3 Å². The highest BCUT2D eigenvalue weighted by Gasteiger charge is 2.09. The van der Waals surface area contributed by atoms with Crippen LogP contribution in [0.15, 0.2) is 28.6 Å². The molecule has 0 unspecified atom stereocenters. The van der Waals surface area contributed by atoms with Gasteiger partial charge in [0.1, 0.15) is 12.4 Å². The Morgan fingerprint density at radius 2 is 2.15 bits per heavy atom. The Hall–Kier alpha value is -1.02. The van der Waals surface area contributed by atoms with Crippen LogP contribution >= 0.6 is 34.7 Å². The molecule has 8 heteroatoms. The normalized spacial score (nSPS) is 12.2. The molecule has 2 aromatic rings. The van der Waals surface area contributed by atoms with Gasteiger partial charge < -0.3 is 15.2 Å². The van der Waals surface area contributed by atoms with E-state index in [0.717, 1.165) is 9.47 Å². The fourth-order valence-electron chi connectivity index (χ4n) is 1.31. The number of nitrogens with one attached hydrogen (secondary N) is 1. The third-order valence-corrected chi connectivity index (χ3v) is 4.75. The highest BCUT2D eigenvalue weighted by Crippen LogP contribution is 2.25. The molecule has 0 aliphatic heterocycles. The second-order valence-electron chi connectivity index (χ2n) is 3.85. The van der Waals surface area contributed by atoms with Crippen LogP contribution in [0.2, 0.25) is 5.02 Å². The lowest BCUT2D eigenvalue weighted by molar-refractivity contribution is 0.126. The Labute approximate surface area is 130 Å². The predicted molar refractivity (Wildman–Crippen MR) is 83.1 cm³/mol. The van der Waals surface area contributed by atoms with Crippen LogP contribution in [0.3, 0.4) is 0 Å². The van der Waals surface area contributed by atoms with Crippen molar-refractivity contribution in [3.8, 4) is 5.75 Å². The average Bonchev–Trinajstić information content (AvgIpc) is 2.92. The molecular formula is C12H14ClN3O2S2. The van der Waals surface area contributed by atoms with Gasteiger partial charge in [0.05, 0.1) is 6.10 Å². The number of nitrogens with zero attached hydrogens (tertiary/aromatic N) is 2. The van der Waals surface area contributed by atoms with Crippen molar-refractivity contribution >= 4 is 39.8 Å². The summed E-state index contributed by atoms with van der Waals surface area (Å²) in [5, 5.41) is 22.1. The van der Waals surface area contributed by atoms with Crippen LogP contribution in [-0.4, -0.2) is 40.8 Å². The number of benzene rings is 1. The van der Waals surface area contributed by atoms with Gasteiger partial charge >= 0.3 is 0 Å². The standard InChI is InChI=1S/C12H14ClN3O2S2/c1-14-11-15-16-12(20-11)19-7-9(17)6-18-10-4-2-8(13)3-5-10/h2-5,9,17H,6-7H2,1H3,(H,14,15)/t9-/m1/s1. The van der Waals surface area contributed by atoms with Crippen LogP contribution in [0.1, 0.15) is 0 Å². The van der Waals surface area contributed by atoms with Gasteiger partial charge in [0, 0.05) is 17.8 Å². The first-order valence-electron chi connectivity index (χ1n) is 5.88. The molecule has 0 bridgehead atoms. The molecule has 5 nitrogen and oxygen atoms in total. The number of ether oxygens (including phenoxy) is 1.